The summed E-state index contributed by atoms with van der Waals surface area (Å²) in [5.74, 6) is -0.290. The van der Waals surface area contributed by atoms with Gasteiger partial charge in [-0.2, -0.15) is 0 Å². The second-order valence-corrected chi connectivity index (χ2v) is 5.87. The van der Waals surface area contributed by atoms with E-state index in [1.165, 1.54) is 18.2 Å². The van der Waals surface area contributed by atoms with E-state index < -0.39 is 12.1 Å². The lowest BCUT2D eigenvalue weighted by Gasteiger charge is -2.22. The molecule has 1 unspecified atom stereocenters. The van der Waals surface area contributed by atoms with E-state index in [0.717, 1.165) is 0 Å². The minimum atomic E-state index is -0.733. The summed E-state index contributed by atoms with van der Waals surface area (Å²) in [5.41, 5.74) is 0.567. The Kier molecular flexibility index (Phi) is 6.15. The second-order valence-electron chi connectivity index (χ2n) is 5.87. The molecule has 0 aliphatic carbocycles. The van der Waals surface area contributed by atoms with Gasteiger partial charge in [-0.05, 0) is 52.8 Å². The van der Waals surface area contributed by atoms with Crippen molar-refractivity contribution in [2.24, 2.45) is 0 Å². The fraction of sp³-hybridized carbons (Fsp3) is 0.562. The van der Waals surface area contributed by atoms with Crippen molar-refractivity contribution < 1.29 is 18.7 Å². The molecule has 1 atom stereocenters. The van der Waals surface area contributed by atoms with Crippen molar-refractivity contribution in [1.29, 1.82) is 0 Å². The number of carbonyl (C=O) groups is 1. The van der Waals surface area contributed by atoms with Gasteiger partial charge in [-0.25, -0.2) is 9.18 Å². The Morgan fingerprint density at radius 3 is 2.62 bits per heavy atom. The number of ether oxygens (including phenoxy) is 2. The lowest BCUT2D eigenvalue weighted by atomic mass is 10.1. The zero-order valence-electron chi connectivity index (χ0n) is 13.3. The van der Waals surface area contributed by atoms with Crippen molar-refractivity contribution >= 4 is 5.97 Å². The standard InChI is InChI=1S/C16H24FNO3/c1-6-20-15(19)11(2)21-14-8-7-13(17)9-12(14)10-18-16(3,4)5/h7-9,11,18H,6,10H2,1-5H3. The number of halogens is 1. The van der Waals surface area contributed by atoms with E-state index in [0.29, 0.717) is 24.5 Å². The Morgan fingerprint density at radius 2 is 2.05 bits per heavy atom. The van der Waals surface area contributed by atoms with Crippen molar-refractivity contribution in [3.05, 3.63) is 29.6 Å². The minimum Gasteiger partial charge on any atom is -0.479 e. The summed E-state index contributed by atoms with van der Waals surface area (Å²) in [5, 5.41) is 3.27. The molecule has 0 amide bonds. The normalized spacial score (nSPS) is 12.9. The molecule has 0 aliphatic heterocycles. The molecule has 21 heavy (non-hydrogen) atoms. The van der Waals surface area contributed by atoms with Crippen LogP contribution in [0.4, 0.5) is 4.39 Å². The van der Waals surface area contributed by atoms with Gasteiger partial charge in [-0.15, -0.1) is 0 Å². The number of esters is 1. The summed E-state index contributed by atoms with van der Waals surface area (Å²) in [7, 11) is 0. The third kappa shape index (κ3) is 6.12. The number of nitrogens with one attached hydrogen (secondary N) is 1. The van der Waals surface area contributed by atoms with E-state index in [9.17, 15) is 9.18 Å². The first-order valence-electron chi connectivity index (χ1n) is 7.09. The topological polar surface area (TPSA) is 47.6 Å². The van der Waals surface area contributed by atoms with Gasteiger partial charge in [0.05, 0.1) is 6.61 Å². The summed E-state index contributed by atoms with van der Waals surface area (Å²) in [6.45, 7) is 10.2. The van der Waals surface area contributed by atoms with E-state index in [1.54, 1.807) is 13.8 Å². The minimum absolute atomic E-state index is 0.101. The Labute approximate surface area is 125 Å². The molecule has 118 valence electrons. The fourth-order valence-electron chi connectivity index (χ4n) is 1.66. The van der Waals surface area contributed by atoms with E-state index in [1.807, 2.05) is 20.8 Å². The van der Waals surface area contributed by atoms with Crippen molar-refractivity contribution in [3.8, 4) is 5.75 Å². The highest BCUT2D eigenvalue weighted by atomic mass is 19.1. The Bertz CT molecular complexity index is 483. The Balaban J connectivity index is 2.83. The average Bonchev–Trinajstić information content (AvgIpc) is 2.38. The van der Waals surface area contributed by atoms with Crippen molar-refractivity contribution in [2.75, 3.05) is 6.61 Å². The van der Waals surface area contributed by atoms with Crippen molar-refractivity contribution in [1.82, 2.24) is 5.32 Å². The molecule has 0 aromatic heterocycles. The first kappa shape index (κ1) is 17.4. The van der Waals surface area contributed by atoms with Crippen LogP contribution in [0, 0.1) is 5.82 Å². The number of hydrogen-bond acceptors (Lipinski definition) is 4. The van der Waals surface area contributed by atoms with Gasteiger partial charge in [0.25, 0.3) is 0 Å². The zero-order valence-corrected chi connectivity index (χ0v) is 13.3. The zero-order chi connectivity index (χ0) is 16.0. The van der Waals surface area contributed by atoms with Crippen molar-refractivity contribution in [2.45, 2.75) is 52.8 Å². The molecule has 0 radical (unpaired) electrons. The molecule has 4 nitrogen and oxygen atoms in total. The van der Waals surface area contributed by atoms with Crippen LogP contribution in [0.25, 0.3) is 0 Å². The first-order valence-corrected chi connectivity index (χ1v) is 7.09. The molecule has 1 aromatic rings. The van der Waals surface area contributed by atoms with Crippen LogP contribution in [-0.2, 0) is 16.1 Å². The van der Waals surface area contributed by atoms with Gasteiger partial charge in [-0.3, -0.25) is 0 Å². The average molecular weight is 297 g/mol. The third-order valence-electron chi connectivity index (χ3n) is 2.75. The predicted molar refractivity (Wildman–Crippen MR) is 79.7 cm³/mol. The highest BCUT2D eigenvalue weighted by Gasteiger charge is 2.18. The summed E-state index contributed by atoms with van der Waals surface area (Å²) < 4.78 is 23.9. The molecule has 0 spiro atoms. The molecule has 1 aromatic carbocycles. The van der Waals surface area contributed by atoms with Crippen molar-refractivity contribution in [3.63, 3.8) is 0 Å². The summed E-state index contributed by atoms with van der Waals surface area (Å²) in [4.78, 5) is 11.6. The summed E-state index contributed by atoms with van der Waals surface area (Å²) in [6.07, 6.45) is -0.733. The lowest BCUT2D eigenvalue weighted by Crippen LogP contribution is -2.35. The van der Waals surface area contributed by atoms with Crippen LogP contribution in [-0.4, -0.2) is 24.2 Å². The smallest absolute Gasteiger partial charge is 0.347 e. The molecular formula is C16H24FNO3. The van der Waals surface area contributed by atoms with Crippen LogP contribution < -0.4 is 10.1 Å². The SMILES string of the molecule is CCOC(=O)C(C)Oc1ccc(F)cc1CNC(C)(C)C. The van der Waals surface area contributed by atoms with E-state index in [2.05, 4.69) is 5.32 Å². The molecule has 0 bridgehead atoms. The van der Waals surface area contributed by atoms with Gasteiger partial charge < -0.3 is 14.8 Å². The first-order chi connectivity index (χ1) is 9.73. The maximum absolute atomic E-state index is 13.4. The van der Waals surface area contributed by atoms with E-state index in [4.69, 9.17) is 9.47 Å². The fourth-order valence-corrected chi connectivity index (χ4v) is 1.66. The maximum Gasteiger partial charge on any atom is 0.347 e. The highest BCUT2D eigenvalue weighted by molar-refractivity contribution is 5.74. The summed E-state index contributed by atoms with van der Waals surface area (Å²) in [6, 6.07) is 4.25. The van der Waals surface area contributed by atoms with Gasteiger partial charge in [-0.1, -0.05) is 0 Å². The van der Waals surface area contributed by atoms with Crippen LogP contribution in [0.5, 0.6) is 5.75 Å². The highest BCUT2D eigenvalue weighted by Crippen LogP contribution is 2.22. The number of rotatable bonds is 6. The molecule has 0 heterocycles. The molecule has 1 N–H and O–H groups in total. The van der Waals surface area contributed by atoms with Crippen LogP contribution >= 0.6 is 0 Å². The van der Waals surface area contributed by atoms with E-state index >= 15 is 0 Å². The summed E-state index contributed by atoms with van der Waals surface area (Å²) >= 11 is 0. The van der Waals surface area contributed by atoms with Gasteiger partial charge in [0.15, 0.2) is 6.10 Å². The number of hydrogen-bond donors (Lipinski definition) is 1. The third-order valence-corrected chi connectivity index (χ3v) is 2.75. The Morgan fingerprint density at radius 1 is 1.38 bits per heavy atom. The van der Waals surface area contributed by atoms with Crippen LogP contribution in [0.1, 0.15) is 40.2 Å². The van der Waals surface area contributed by atoms with Gasteiger partial charge in [0, 0.05) is 17.6 Å². The molecule has 0 saturated carbocycles. The van der Waals surface area contributed by atoms with Crippen LogP contribution in [0.2, 0.25) is 0 Å². The van der Waals surface area contributed by atoms with Gasteiger partial charge in [0.1, 0.15) is 11.6 Å². The molecule has 5 heteroatoms. The monoisotopic (exact) mass is 297 g/mol. The van der Waals surface area contributed by atoms with Gasteiger partial charge in [0.2, 0.25) is 0 Å². The molecular weight excluding hydrogens is 273 g/mol. The molecule has 0 aliphatic rings. The molecule has 0 fully saturated rings. The second kappa shape index (κ2) is 7.41. The quantitative estimate of drug-likeness (QED) is 0.820. The van der Waals surface area contributed by atoms with E-state index in [-0.39, 0.29) is 11.4 Å². The largest absolute Gasteiger partial charge is 0.479 e. The van der Waals surface area contributed by atoms with Crippen LogP contribution in [0.3, 0.4) is 0 Å². The Hall–Kier alpha value is -1.62. The molecule has 1 rings (SSSR count). The van der Waals surface area contributed by atoms with Crippen LogP contribution in [0.15, 0.2) is 18.2 Å². The maximum atomic E-state index is 13.4. The number of benzene rings is 1. The lowest BCUT2D eigenvalue weighted by molar-refractivity contribution is -0.150. The van der Waals surface area contributed by atoms with Gasteiger partial charge >= 0.3 is 5.97 Å². The predicted octanol–water partition coefficient (Wildman–Crippen LogP) is 3.04. The molecule has 0 saturated heterocycles. The number of carbonyl (C=O) groups excluding carboxylic acids is 1.